The number of benzene rings is 2. The van der Waals surface area contributed by atoms with Gasteiger partial charge in [-0.3, -0.25) is 9.69 Å². The number of hydrogen-bond acceptors (Lipinski definition) is 7. The molecule has 1 aliphatic heterocycles. The molecule has 0 aliphatic carbocycles. The second kappa shape index (κ2) is 10.2. The molecule has 0 unspecified atom stereocenters. The Kier molecular flexibility index (Phi) is 7.39. The molecular weight excluding hydrogens is 448 g/mol. The van der Waals surface area contributed by atoms with Crippen molar-refractivity contribution in [1.82, 2.24) is 4.90 Å². The van der Waals surface area contributed by atoms with Crippen molar-refractivity contribution in [3.05, 3.63) is 58.5 Å². The summed E-state index contributed by atoms with van der Waals surface area (Å²) in [5.74, 6) is -1.71. The van der Waals surface area contributed by atoms with Crippen molar-refractivity contribution in [1.29, 1.82) is 0 Å². The number of rotatable bonds is 8. The Bertz CT molecular complexity index is 1140. The number of carbonyl (C=O) groups excluding carboxylic acids is 1. The van der Waals surface area contributed by atoms with Crippen molar-refractivity contribution in [2.24, 2.45) is 4.99 Å². The summed E-state index contributed by atoms with van der Waals surface area (Å²) in [6.07, 6.45) is 0.648. The molecule has 9 nitrogen and oxygen atoms in total. The standard InChI is InChI=1S/C23H22N2O7S/c1-4-25-20(26)19(33-23(25)24-16-8-6-15(7-9-16)22(29)30)12-14-5-10-17(18(11-14)31-3)32-13(2)21(27)28/h5-13H,4H2,1-3H3,(H,27,28)(H,29,30)/b19-12-,24-23?/t13-/m0/s1. The fourth-order valence-electron chi connectivity index (χ4n) is 2.92. The molecule has 1 fully saturated rings. The quantitative estimate of drug-likeness (QED) is 0.557. The maximum absolute atomic E-state index is 12.9. The second-order valence-corrected chi connectivity index (χ2v) is 7.92. The number of aliphatic imine (C=N–C) groups is 1. The number of carbonyl (C=O) groups is 3. The van der Waals surface area contributed by atoms with E-state index in [1.54, 1.807) is 36.4 Å². The number of nitrogens with zero attached hydrogens (tertiary/aromatic N) is 2. The van der Waals surface area contributed by atoms with Gasteiger partial charge >= 0.3 is 11.9 Å². The van der Waals surface area contributed by atoms with E-state index in [0.29, 0.717) is 33.6 Å². The van der Waals surface area contributed by atoms with Gasteiger partial charge in [-0.2, -0.15) is 0 Å². The summed E-state index contributed by atoms with van der Waals surface area (Å²) in [6.45, 7) is 3.67. The van der Waals surface area contributed by atoms with Crippen LogP contribution in [0.3, 0.4) is 0 Å². The number of amides is 1. The Balaban J connectivity index is 1.87. The topological polar surface area (TPSA) is 126 Å². The molecule has 1 amide bonds. The van der Waals surface area contributed by atoms with E-state index >= 15 is 0 Å². The van der Waals surface area contributed by atoms with Gasteiger partial charge < -0.3 is 19.7 Å². The van der Waals surface area contributed by atoms with Gasteiger partial charge in [0.15, 0.2) is 22.8 Å². The highest BCUT2D eigenvalue weighted by molar-refractivity contribution is 8.18. The minimum atomic E-state index is -1.10. The van der Waals surface area contributed by atoms with Crippen LogP contribution in [-0.2, 0) is 9.59 Å². The van der Waals surface area contributed by atoms with Crippen LogP contribution in [0.2, 0.25) is 0 Å². The third kappa shape index (κ3) is 5.53. The number of likely N-dealkylation sites (N-methyl/N-ethyl adjacent to an activating group) is 1. The minimum absolute atomic E-state index is 0.154. The summed E-state index contributed by atoms with van der Waals surface area (Å²) in [7, 11) is 1.44. The summed E-state index contributed by atoms with van der Waals surface area (Å²) in [6, 6.07) is 11.0. The van der Waals surface area contributed by atoms with Crippen molar-refractivity contribution in [3.63, 3.8) is 0 Å². The van der Waals surface area contributed by atoms with E-state index in [1.165, 1.54) is 42.8 Å². The molecule has 0 bridgehead atoms. The van der Waals surface area contributed by atoms with E-state index in [1.807, 2.05) is 6.92 Å². The Hall–Kier alpha value is -3.79. The summed E-state index contributed by atoms with van der Waals surface area (Å²) < 4.78 is 10.7. The number of amidine groups is 1. The van der Waals surface area contributed by atoms with Crippen molar-refractivity contribution >= 4 is 46.5 Å². The third-order valence-electron chi connectivity index (χ3n) is 4.68. The third-order valence-corrected chi connectivity index (χ3v) is 5.69. The first-order valence-corrected chi connectivity index (χ1v) is 10.8. The maximum atomic E-state index is 12.9. The van der Waals surface area contributed by atoms with Gasteiger partial charge in [0.2, 0.25) is 0 Å². The normalized spacial score (nSPS) is 16.8. The average Bonchev–Trinajstić information content (AvgIpc) is 3.08. The number of carboxylic acid groups (broad SMARTS) is 2. The molecule has 0 saturated carbocycles. The molecule has 0 aromatic heterocycles. The number of ether oxygens (including phenoxy) is 2. The molecule has 3 rings (SSSR count). The number of thioether (sulfide) groups is 1. The molecule has 0 radical (unpaired) electrons. The number of aliphatic carboxylic acids is 1. The van der Waals surface area contributed by atoms with Gasteiger partial charge in [0.25, 0.3) is 5.91 Å². The lowest BCUT2D eigenvalue weighted by Crippen LogP contribution is -2.28. The molecule has 1 heterocycles. The van der Waals surface area contributed by atoms with Crippen molar-refractivity contribution in [3.8, 4) is 11.5 Å². The molecule has 1 atom stereocenters. The summed E-state index contributed by atoms with van der Waals surface area (Å²) >= 11 is 1.21. The van der Waals surface area contributed by atoms with Crippen LogP contribution in [0.5, 0.6) is 11.5 Å². The van der Waals surface area contributed by atoms with Gasteiger partial charge in [-0.1, -0.05) is 6.07 Å². The van der Waals surface area contributed by atoms with Crippen LogP contribution >= 0.6 is 11.8 Å². The first-order valence-electron chi connectivity index (χ1n) is 9.94. The zero-order valence-electron chi connectivity index (χ0n) is 18.1. The van der Waals surface area contributed by atoms with E-state index in [9.17, 15) is 14.4 Å². The monoisotopic (exact) mass is 470 g/mol. The summed E-state index contributed by atoms with van der Waals surface area (Å²) in [4.78, 5) is 41.4. The Morgan fingerprint density at radius 1 is 1.15 bits per heavy atom. The average molecular weight is 471 g/mol. The van der Waals surface area contributed by atoms with Crippen molar-refractivity contribution in [2.75, 3.05) is 13.7 Å². The van der Waals surface area contributed by atoms with E-state index < -0.39 is 18.0 Å². The lowest BCUT2D eigenvalue weighted by Gasteiger charge is -2.14. The predicted molar refractivity (Wildman–Crippen MR) is 124 cm³/mol. The van der Waals surface area contributed by atoms with Crippen molar-refractivity contribution < 1.29 is 34.1 Å². The van der Waals surface area contributed by atoms with Gasteiger partial charge in [0.1, 0.15) is 0 Å². The van der Waals surface area contributed by atoms with Crippen LogP contribution in [0.25, 0.3) is 6.08 Å². The van der Waals surface area contributed by atoms with Gasteiger partial charge in [0, 0.05) is 6.54 Å². The van der Waals surface area contributed by atoms with Crippen molar-refractivity contribution in [2.45, 2.75) is 20.0 Å². The fourth-order valence-corrected chi connectivity index (χ4v) is 3.99. The molecule has 1 saturated heterocycles. The molecule has 10 heteroatoms. The van der Waals surface area contributed by atoms with Gasteiger partial charge in [-0.05, 0) is 73.6 Å². The van der Waals surface area contributed by atoms with Gasteiger partial charge in [-0.25, -0.2) is 14.6 Å². The van der Waals surface area contributed by atoms with Crippen LogP contribution in [0, 0.1) is 0 Å². The number of hydrogen-bond donors (Lipinski definition) is 2. The highest BCUT2D eigenvalue weighted by Crippen LogP contribution is 2.36. The highest BCUT2D eigenvalue weighted by Gasteiger charge is 2.32. The zero-order chi connectivity index (χ0) is 24.1. The van der Waals surface area contributed by atoms with Crippen LogP contribution in [0.1, 0.15) is 29.8 Å². The smallest absolute Gasteiger partial charge is 0.344 e. The zero-order valence-corrected chi connectivity index (χ0v) is 19.0. The van der Waals surface area contributed by atoms with Gasteiger partial charge in [-0.15, -0.1) is 0 Å². The molecule has 33 heavy (non-hydrogen) atoms. The largest absolute Gasteiger partial charge is 0.493 e. The lowest BCUT2D eigenvalue weighted by atomic mass is 10.2. The first kappa shape index (κ1) is 23.9. The van der Waals surface area contributed by atoms with Crippen LogP contribution < -0.4 is 9.47 Å². The highest BCUT2D eigenvalue weighted by atomic mass is 32.2. The lowest BCUT2D eigenvalue weighted by molar-refractivity contribution is -0.144. The van der Waals surface area contributed by atoms with E-state index in [0.717, 1.165) is 0 Å². The molecular formula is C23H22N2O7S. The molecule has 1 aliphatic rings. The predicted octanol–water partition coefficient (Wildman–Crippen LogP) is 3.87. The SMILES string of the molecule is CCN1C(=O)/C(=C/c2ccc(O[C@@H](C)C(=O)O)c(OC)c2)SC1=Nc1ccc(C(=O)O)cc1. The Morgan fingerprint density at radius 3 is 2.42 bits per heavy atom. The van der Waals surface area contributed by atoms with Gasteiger partial charge in [0.05, 0.1) is 23.3 Å². The Labute approximate surface area is 194 Å². The molecule has 2 aromatic rings. The Morgan fingerprint density at radius 2 is 1.85 bits per heavy atom. The van der Waals surface area contributed by atoms with Crippen LogP contribution in [-0.4, -0.2) is 57.9 Å². The molecule has 2 aromatic carbocycles. The number of methoxy groups -OCH3 is 1. The fraction of sp³-hybridized carbons (Fsp3) is 0.217. The maximum Gasteiger partial charge on any atom is 0.344 e. The molecule has 172 valence electrons. The van der Waals surface area contributed by atoms with Crippen LogP contribution in [0.4, 0.5) is 5.69 Å². The molecule has 0 spiro atoms. The second-order valence-electron chi connectivity index (χ2n) is 6.92. The van der Waals surface area contributed by atoms with E-state index in [-0.39, 0.29) is 17.2 Å². The number of aromatic carboxylic acids is 1. The summed E-state index contributed by atoms with van der Waals surface area (Å²) in [5.41, 5.74) is 1.35. The summed E-state index contributed by atoms with van der Waals surface area (Å²) in [5, 5.41) is 18.6. The van der Waals surface area contributed by atoms with E-state index in [4.69, 9.17) is 19.7 Å². The van der Waals surface area contributed by atoms with Crippen LogP contribution in [0.15, 0.2) is 52.4 Å². The van der Waals surface area contributed by atoms with E-state index in [2.05, 4.69) is 4.99 Å². The minimum Gasteiger partial charge on any atom is -0.493 e. The molecule has 2 N–H and O–H groups in total. The first-order chi connectivity index (χ1) is 15.7. The number of carboxylic acids is 2.